The maximum Gasteiger partial charge on any atom is 0.303 e. The van der Waals surface area contributed by atoms with Gasteiger partial charge in [-0.1, -0.05) is 0 Å². The lowest BCUT2D eigenvalue weighted by Gasteiger charge is -2.36. The predicted octanol–water partition coefficient (Wildman–Crippen LogP) is 1.31. The zero-order valence-electron chi connectivity index (χ0n) is 15.2. The minimum absolute atomic E-state index is 0.204. The molecule has 1 amide bonds. The number of carbonyl (C=O) groups excluding carboxylic acids is 1. The lowest BCUT2D eigenvalue weighted by Crippen LogP contribution is -2.47. The second-order valence-corrected chi connectivity index (χ2v) is 7.21. The van der Waals surface area contributed by atoms with E-state index in [1.807, 2.05) is 29.4 Å². The fourth-order valence-corrected chi connectivity index (χ4v) is 3.83. The standard InChI is InChI=1S/C19H28N4O3/c24-18(23-9-3-16(4-10-23)15-19(25)26)5-8-21-11-13-22(14-12-21)17-1-6-20-7-2-17/h1-2,6-7,16H,3-5,8-15H2,(H,25,26). The molecule has 3 rings (SSSR count). The number of piperidine rings is 1. The first kappa shape index (κ1) is 18.6. The van der Waals surface area contributed by atoms with E-state index in [1.54, 1.807) is 0 Å². The van der Waals surface area contributed by atoms with Crippen molar-refractivity contribution in [1.82, 2.24) is 14.8 Å². The van der Waals surface area contributed by atoms with Gasteiger partial charge in [0.1, 0.15) is 0 Å². The maximum absolute atomic E-state index is 12.4. The fourth-order valence-electron chi connectivity index (χ4n) is 3.83. The number of hydrogen-bond donors (Lipinski definition) is 1. The number of amides is 1. The zero-order chi connectivity index (χ0) is 18.4. The Morgan fingerprint density at radius 3 is 2.31 bits per heavy atom. The molecule has 2 fully saturated rings. The summed E-state index contributed by atoms with van der Waals surface area (Å²) in [4.78, 5) is 33.9. The number of aliphatic carboxylic acids is 1. The highest BCUT2D eigenvalue weighted by Crippen LogP contribution is 2.21. The summed E-state index contributed by atoms with van der Waals surface area (Å²) in [6.45, 7) is 6.08. The number of nitrogens with zero attached hydrogens (tertiary/aromatic N) is 4. The van der Waals surface area contributed by atoms with E-state index in [4.69, 9.17) is 5.11 Å². The molecule has 1 aromatic heterocycles. The van der Waals surface area contributed by atoms with Gasteiger partial charge < -0.3 is 14.9 Å². The van der Waals surface area contributed by atoms with Gasteiger partial charge in [-0.15, -0.1) is 0 Å². The topological polar surface area (TPSA) is 77.0 Å². The third-order valence-electron chi connectivity index (χ3n) is 5.47. The monoisotopic (exact) mass is 360 g/mol. The van der Waals surface area contributed by atoms with Crippen LogP contribution in [0.15, 0.2) is 24.5 Å². The fraction of sp³-hybridized carbons (Fsp3) is 0.632. The summed E-state index contributed by atoms with van der Waals surface area (Å²) < 4.78 is 0. The molecule has 2 aliphatic rings. The minimum atomic E-state index is -0.735. The molecule has 142 valence electrons. The van der Waals surface area contributed by atoms with E-state index in [-0.39, 0.29) is 18.2 Å². The van der Waals surface area contributed by atoms with Crippen molar-refractivity contribution < 1.29 is 14.7 Å². The number of likely N-dealkylation sites (tertiary alicyclic amines) is 1. The Balaban J connectivity index is 1.35. The summed E-state index contributed by atoms with van der Waals surface area (Å²) in [5, 5.41) is 8.87. The summed E-state index contributed by atoms with van der Waals surface area (Å²) in [6, 6.07) is 4.07. The second kappa shape index (κ2) is 8.98. The van der Waals surface area contributed by atoms with Crippen LogP contribution < -0.4 is 4.90 Å². The molecular formula is C19H28N4O3. The van der Waals surface area contributed by atoms with Crippen LogP contribution >= 0.6 is 0 Å². The van der Waals surface area contributed by atoms with Crippen molar-refractivity contribution in [1.29, 1.82) is 0 Å². The lowest BCUT2D eigenvalue weighted by molar-refractivity contribution is -0.138. The lowest BCUT2D eigenvalue weighted by atomic mass is 9.93. The molecule has 0 spiro atoms. The van der Waals surface area contributed by atoms with Crippen LogP contribution in [0.25, 0.3) is 0 Å². The Bertz CT molecular complexity index is 594. The van der Waals surface area contributed by atoms with Crippen LogP contribution in [-0.4, -0.2) is 77.6 Å². The van der Waals surface area contributed by atoms with Gasteiger partial charge in [-0.05, 0) is 30.9 Å². The third-order valence-corrected chi connectivity index (χ3v) is 5.47. The summed E-state index contributed by atoms with van der Waals surface area (Å²) in [6.07, 6.45) is 6.04. The van der Waals surface area contributed by atoms with Gasteiger partial charge in [-0.25, -0.2) is 0 Å². The van der Waals surface area contributed by atoms with Crippen LogP contribution in [-0.2, 0) is 9.59 Å². The molecule has 0 saturated carbocycles. The number of rotatable bonds is 6. The van der Waals surface area contributed by atoms with Gasteiger partial charge in [0, 0.05) is 76.7 Å². The number of pyridine rings is 1. The van der Waals surface area contributed by atoms with E-state index in [1.165, 1.54) is 5.69 Å². The van der Waals surface area contributed by atoms with Crippen LogP contribution in [0, 0.1) is 5.92 Å². The van der Waals surface area contributed by atoms with Crippen LogP contribution in [0.1, 0.15) is 25.7 Å². The smallest absolute Gasteiger partial charge is 0.303 e. The quantitative estimate of drug-likeness (QED) is 0.824. The van der Waals surface area contributed by atoms with Crippen molar-refractivity contribution >= 4 is 17.6 Å². The van der Waals surface area contributed by atoms with E-state index in [0.717, 1.165) is 45.6 Å². The van der Waals surface area contributed by atoms with Gasteiger partial charge in [0.05, 0.1) is 0 Å². The van der Waals surface area contributed by atoms with E-state index < -0.39 is 5.97 Å². The van der Waals surface area contributed by atoms with Gasteiger partial charge in [0.15, 0.2) is 0 Å². The number of carboxylic acid groups (broad SMARTS) is 1. The Labute approximate surface area is 154 Å². The molecule has 0 atom stereocenters. The number of carboxylic acids is 1. The summed E-state index contributed by atoms with van der Waals surface area (Å²) in [5.74, 6) is -0.311. The van der Waals surface area contributed by atoms with Crippen LogP contribution in [0.4, 0.5) is 5.69 Å². The first-order chi connectivity index (χ1) is 12.6. The molecule has 0 radical (unpaired) electrons. The SMILES string of the molecule is O=C(O)CC1CCN(C(=O)CCN2CCN(c3ccncc3)CC2)CC1. The molecule has 7 heteroatoms. The van der Waals surface area contributed by atoms with Crippen molar-refractivity contribution in [3.05, 3.63) is 24.5 Å². The highest BCUT2D eigenvalue weighted by atomic mass is 16.4. The van der Waals surface area contributed by atoms with Crippen molar-refractivity contribution in [3.63, 3.8) is 0 Å². The van der Waals surface area contributed by atoms with Gasteiger partial charge in [0.2, 0.25) is 5.91 Å². The molecule has 7 nitrogen and oxygen atoms in total. The molecule has 26 heavy (non-hydrogen) atoms. The van der Waals surface area contributed by atoms with Crippen molar-refractivity contribution in [3.8, 4) is 0 Å². The maximum atomic E-state index is 12.4. The number of carbonyl (C=O) groups is 2. The Kier molecular flexibility index (Phi) is 6.44. The van der Waals surface area contributed by atoms with Crippen LogP contribution in [0.2, 0.25) is 0 Å². The minimum Gasteiger partial charge on any atom is -0.481 e. The average Bonchev–Trinajstić information content (AvgIpc) is 2.67. The normalized spacial score (nSPS) is 19.5. The van der Waals surface area contributed by atoms with Gasteiger partial charge in [0.25, 0.3) is 0 Å². The molecule has 0 aromatic carbocycles. The predicted molar refractivity (Wildman–Crippen MR) is 99.1 cm³/mol. The molecular weight excluding hydrogens is 332 g/mol. The molecule has 3 heterocycles. The summed E-state index contributed by atoms with van der Waals surface area (Å²) >= 11 is 0. The average molecular weight is 360 g/mol. The molecule has 0 bridgehead atoms. The largest absolute Gasteiger partial charge is 0.481 e. The summed E-state index contributed by atoms with van der Waals surface area (Å²) in [7, 11) is 0. The van der Waals surface area contributed by atoms with Gasteiger partial charge in [-0.2, -0.15) is 0 Å². The summed E-state index contributed by atoms with van der Waals surface area (Å²) in [5.41, 5.74) is 1.21. The highest BCUT2D eigenvalue weighted by Gasteiger charge is 2.25. The van der Waals surface area contributed by atoms with Gasteiger partial charge in [-0.3, -0.25) is 19.5 Å². The van der Waals surface area contributed by atoms with E-state index in [9.17, 15) is 9.59 Å². The second-order valence-electron chi connectivity index (χ2n) is 7.21. The number of piperazine rings is 1. The molecule has 0 aliphatic carbocycles. The Morgan fingerprint density at radius 2 is 1.69 bits per heavy atom. The number of aromatic nitrogens is 1. The van der Waals surface area contributed by atoms with Crippen molar-refractivity contribution in [2.45, 2.75) is 25.7 Å². The molecule has 1 N–H and O–H groups in total. The van der Waals surface area contributed by atoms with Crippen molar-refractivity contribution in [2.24, 2.45) is 5.92 Å². The van der Waals surface area contributed by atoms with Crippen molar-refractivity contribution in [2.75, 3.05) is 50.7 Å². The highest BCUT2D eigenvalue weighted by molar-refractivity contribution is 5.76. The molecule has 2 saturated heterocycles. The first-order valence-electron chi connectivity index (χ1n) is 9.48. The number of hydrogen-bond acceptors (Lipinski definition) is 5. The number of anilines is 1. The van der Waals surface area contributed by atoms with E-state index >= 15 is 0 Å². The first-order valence-corrected chi connectivity index (χ1v) is 9.48. The molecule has 2 aliphatic heterocycles. The Hall–Kier alpha value is -2.15. The Morgan fingerprint density at radius 1 is 1.04 bits per heavy atom. The van der Waals surface area contributed by atoms with Crippen LogP contribution in [0.5, 0.6) is 0 Å². The van der Waals surface area contributed by atoms with E-state index in [0.29, 0.717) is 19.5 Å². The third kappa shape index (κ3) is 5.17. The molecule has 0 unspecified atom stereocenters. The van der Waals surface area contributed by atoms with E-state index in [2.05, 4.69) is 14.8 Å². The molecule has 1 aromatic rings. The zero-order valence-corrected chi connectivity index (χ0v) is 15.2. The van der Waals surface area contributed by atoms with Gasteiger partial charge >= 0.3 is 5.97 Å². The van der Waals surface area contributed by atoms with Crippen LogP contribution in [0.3, 0.4) is 0 Å².